The molecule has 1 N–H and O–H groups in total. The van der Waals surface area contributed by atoms with Crippen LogP contribution >= 0.6 is 0 Å². The Hall–Kier alpha value is -0.0800. The van der Waals surface area contributed by atoms with Crippen LogP contribution in [0.25, 0.3) is 0 Å². The smallest absolute Gasteiger partial charge is 0.0750 e. The maximum atomic E-state index is 5.81. The molecule has 0 aromatic rings. The van der Waals surface area contributed by atoms with Gasteiger partial charge in [0.1, 0.15) is 0 Å². The van der Waals surface area contributed by atoms with Crippen molar-refractivity contribution in [2.75, 3.05) is 13.2 Å². The summed E-state index contributed by atoms with van der Waals surface area (Å²) in [5.41, 5.74) is -0.0105. The van der Waals surface area contributed by atoms with E-state index in [2.05, 4.69) is 26.1 Å². The largest absolute Gasteiger partial charge is 0.375 e. The van der Waals surface area contributed by atoms with Crippen molar-refractivity contribution in [3.05, 3.63) is 0 Å². The number of hydrogen-bond donors (Lipinski definition) is 1. The number of nitrogens with one attached hydrogen (secondary N) is 1. The molecule has 0 radical (unpaired) electrons. The van der Waals surface area contributed by atoms with Crippen molar-refractivity contribution >= 4 is 0 Å². The number of ether oxygens (including phenoxy) is 1. The van der Waals surface area contributed by atoms with Crippen LogP contribution < -0.4 is 5.32 Å². The molecule has 0 unspecified atom stereocenters. The Kier molecular flexibility index (Phi) is 3.44. The molecule has 4 aliphatic rings. The highest BCUT2D eigenvalue weighted by Gasteiger charge is 2.48. The molecule has 0 aromatic heterocycles. The van der Waals surface area contributed by atoms with Gasteiger partial charge in [-0.25, -0.2) is 0 Å². The summed E-state index contributed by atoms with van der Waals surface area (Å²) in [6, 6.07) is 0.789. The minimum absolute atomic E-state index is 0.0105. The van der Waals surface area contributed by atoms with E-state index >= 15 is 0 Å². The highest BCUT2D eigenvalue weighted by Crippen LogP contribution is 2.53. The molecule has 104 valence electrons. The lowest BCUT2D eigenvalue weighted by Gasteiger charge is -2.55. The van der Waals surface area contributed by atoms with Crippen LogP contribution in [0, 0.1) is 23.7 Å². The first-order chi connectivity index (χ1) is 8.57. The topological polar surface area (TPSA) is 21.3 Å². The lowest BCUT2D eigenvalue weighted by atomic mass is 9.54. The van der Waals surface area contributed by atoms with E-state index in [4.69, 9.17) is 4.74 Å². The molecule has 4 aliphatic carbocycles. The van der Waals surface area contributed by atoms with E-state index in [1.54, 1.807) is 6.42 Å². The van der Waals surface area contributed by atoms with E-state index < -0.39 is 0 Å². The highest BCUT2D eigenvalue weighted by atomic mass is 16.5. The van der Waals surface area contributed by atoms with E-state index in [1.165, 1.54) is 25.7 Å². The third-order valence-electron chi connectivity index (χ3n) is 5.53. The van der Waals surface area contributed by atoms with Crippen molar-refractivity contribution in [1.82, 2.24) is 5.32 Å². The van der Waals surface area contributed by atoms with Crippen LogP contribution in [0.2, 0.25) is 0 Å². The van der Waals surface area contributed by atoms with Crippen molar-refractivity contribution in [2.45, 2.75) is 64.5 Å². The molecule has 0 spiro atoms. The van der Waals surface area contributed by atoms with Crippen LogP contribution in [0.1, 0.15) is 52.9 Å². The summed E-state index contributed by atoms with van der Waals surface area (Å²) in [6.45, 7) is 8.33. The zero-order valence-corrected chi connectivity index (χ0v) is 12.2. The normalized spacial score (nSPS) is 42.5. The zero-order chi connectivity index (χ0) is 12.8. The maximum absolute atomic E-state index is 5.81. The Morgan fingerprint density at radius 3 is 2.06 bits per heavy atom. The van der Waals surface area contributed by atoms with Gasteiger partial charge in [-0.2, -0.15) is 0 Å². The monoisotopic (exact) mass is 251 g/mol. The predicted molar refractivity (Wildman–Crippen MR) is 74.5 cm³/mol. The molecular weight excluding hydrogens is 222 g/mol. The van der Waals surface area contributed by atoms with Gasteiger partial charge in [0.05, 0.1) is 5.60 Å². The van der Waals surface area contributed by atoms with Gasteiger partial charge < -0.3 is 10.1 Å². The average molecular weight is 251 g/mol. The van der Waals surface area contributed by atoms with Crippen molar-refractivity contribution < 1.29 is 4.74 Å². The van der Waals surface area contributed by atoms with Crippen LogP contribution in [0.5, 0.6) is 0 Å². The third-order valence-corrected chi connectivity index (χ3v) is 5.53. The molecule has 2 heteroatoms. The van der Waals surface area contributed by atoms with Crippen LogP contribution in [-0.2, 0) is 4.74 Å². The van der Waals surface area contributed by atoms with Gasteiger partial charge in [-0.05, 0) is 76.5 Å². The fourth-order valence-corrected chi connectivity index (χ4v) is 5.06. The molecule has 4 bridgehead atoms. The Balaban J connectivity index is 1.57. The summed E-state index contributed by atoms with van der Waals surface area (Å²) in [4.78, 5) is 0. The predicted octanol–water partition coefficient (Wildman–Crippen LogP) is 3.22. The lowest BCUT2D eigenvalue weighted by molar-refractivity contribution is -0.0402. The Morgan fingerprint density at radius 1 is 1.00 bits per heavy atom. The summed E-state index contributed by atoms with van der Waals surface area (Å²) in [5.74, 6) is 4.09. The van der Waals surface area contributed by atoms with Gasteiger partial charge in [-0.1, -0.05) is 0 Å². The first kappa shape index (κ1) is 12.9. The Bertz CT molecular complexity index is 271. The molecular formula is C16H29NO. The molecule has 0 saturated heterocycles. The lowest BCUT2D eigenvalue weighted by Crippen LogP contribution is -2.56. The van der Waals surface area contributed by atoms with Crippen LogP contribution in [0.15, 0.2) is 0 Å². The summed E-state index contributed by atoms with van der Waals surface area (Å²) in [6.07, 6.45) is 7.54. The van der Waals surface area contributed by atoms with Gasteiger partial charge in [0, 0.05) is 19.2 Å². The molecule has 4 rings (SSSR count). The molecule has 0 aliphatic heterocycles. The summed E-state index contributed by atoms with van der Waals surface area (Å²) in [7, 11) is 0. The van der Waals surface area contributed by atoms with Crippen molar-refractivity contribution in [1.29, 1.82) is 0 Å². The van der Waals surface area contributed by atoms with Crippen LogP contribution in [-0.4, -0.2) is 24.8 Å². The quantitative estimate of drug-likeness (QED) is 0.810. The molecule has 0 atom stereocenters. The van der Waals surface area contributed by atoms with Crippen LogP contribution in [0.3, 0.4) is 0 Å². The Labute approximate surface area is 112 Å². The maximum Gasteiger partial charge on any atom is 0.0750 e. The van der Waals surface area contributed by atoms with E-state index in [9.17, 15) is 0 Å². The highest BCUT2D eigenvalue weighted by molar-refractivity contribution is 5.01. The summed E-state index contributed by atoms with van der Waals surface area (Å²) in [5, 5.41) is 3.86. The zero-order valence-electron chi connectivity index (χ0n) is 12.2. The first-order valence-corrected chi connectivity index (χ1v) is 7.94. The average Bonchev–Trinajstić information content (AvgIpc) is 2.26. The second kappa shape index (κ2) is 4.79. The first-order valence-electron chi connectivity index (χ1n) is 7.94. The second-order valence-electron chi connectivity index (χ2n) is 7.53. The fraction of sp³-hybridized carbons (Fsp3) is 1.00. The third kappa shape index (κ3) is 2.46. The molecule has 4 fully saturated rings. The minimum Gasteiger partial charge on any atom is -0.375 e. The molecule has 2 nitrogen and oxygen atoms in total. The van der Waals surface area contributed by atoms with E-state index in [-0.39, 0.29) is 5.60 Å². The van der Waals surface area contributed by atoms with Gasteiger partial charge in [0.15, 0.2) is 0 Å². The van der Waals surface area contributed by atoms with Gasteiger partial charge in [-0.15, -0.1) is 0 Å². The Morgan fingerprint density at radius 2 is 1.56 bits per heavy atom. The summed E-state index contributed by atoms with van der Waals surface area (Å²) < 4.78 is 5.81. The van der Waals surface area contributed by atoms with Crippen molar-refractivity contribution in [3.63, 3.8) is 0 Å². The molecule has 4 saturated carbocycles. The number of hydrogen-bond acceptors (Lipinski definition) is 2. The van der Waals surface area contributed by atoms with E-state index in [0.29, 0.717) is 0 Å². The van der Waals surface area contributed by atoms with Crippen molar-refractivity contribution in [3.8, 4) is 0 Å². The van der Waals surface area contributed by atoms with Gasteiger partial charge in [-0.3, -0.25) is 0 Å². The fourth-order valence-electron chi connectivity index (χ4n) is 5.06. The SMILES string of the molecule is CCOC(C)(C)CNC1C2CC3CC(C2)CC1C3. The summed E-state index contributed by atoms with van der Waals surface area (Å²) >= 11 is 0. The number of rotatable bonds is 5. The second-order valence-corrected chi connectivity index (χ2v) is 7.53. The molecule has 0 heterocycles. The minimum atomic E-state index is -0.0105. The van der Waals surface area contributed by atoms with Gasteiger partial charge in [0.25, 0.3) is 0 Å². The van der Waals surface area contributed by atoms with Gasteiger partial charge in [0.2, 0.25) is 0 Å². The molecule has 18 heavy (non-hydrogen) atoms. The van der Waals surface area contributed by atoms with Crippen molar-refractivity contribution in [2.24, 2.45) is 23.7 Å². The standard InChI is InChI=1S/C16H29NO/c1-4-18-16(2,3)10-17-15-13-6-11-5-12(8-13)9-14(15)7-11/h11-15,17H,4-10H2,1-3H3. The van der Waals surface area contributed by atoms with Crippen LogP contribution in [0.4, 0.5) is 0 Å². The van der Waals surface area contributed by atoms with E-state index in [0.717, 1.165) is 42.9 Å². The molecule has 0 aromatic carbocycles. The van der Waals surface area contributed by atoms with Gasteiger partial charge >= 0.3 is 0 Å². The van der Waals surface area contributed by atoms with E-state index in [1.807, 2.05) is 0 Å². The molecule has 0 amide bonds.